The number of anilines is 1. The molecule has 104 valence electrons. The summed E-state index contributed by atoms with van der Waals surface area (Å²) in [7, 11) is 0. The zero-order chi connectivity index (χ0) is 13.8. The van der Waals surface area contributed by atoms with E-state index >= 15 is 0 Å². The first-order valence-corrected chi connectivity index (χ1v) is 6.79. The highest BCUT2D eigenvalue weighted by atomic mass is 16.6. The topological polar surface area (TPSA) is 64.4 Å². The van der Waals surface area contributed by atoms with Gasteiger partial charge in [-0.3, -0.25) is 10.1 Å². The van der Waals surface area contributed by atoms with E-state index in [1.54, 1.807) is 12.1 Å². The summed E-state index contributed by atoms with van der Waals surface area (Å²) in [5.41, 5.74) is 0.900. The SMILES string of the molecule is CCOc1cc(NC(C)C2CCC2)ccc1[N+](=O)[O-]. The second kappa shape index (κ2) is 5.91. The standard InChI is InChI=1S/C14H20N2O3/c1-3-19-14-9-12(7-8-13(14)16(17)18)15-10(2)11-5-4-6-11/h7-11,15H,3-6H2,1-2H3. The number of ether oxygens (including phenoxy) is 1. The minimum Gasteiger partial charge on any atom is -0.487 e. The van der Waals surface area contributed by atoms with Gasteiger partial charge in [0.1, 0.15) is 0 Å². The molecule has 0 heterocycles. The lowest BCUT2D eigenvalue weighted by Crippen LogP contribution is -2.30. The third kappa shape index (κ3) is 3.16. The van der Waals surface area contributed by atoms with Crippen molar-refractivity contribution in [3.05, 3.63) is 28.3 Å². The summed E-state index contributed by atoms with van der Waals surface area (Å²) >= 11 is 0. The second-order valence-corrected chi connectivity index (χ2v) is 5.00. The maximum atomic E-state index is 10.9. The van der Waals surface area contributed by atoms with Gasteiger partial charge in [-0.2, -0.15) is 0 Å². The lowest BCUT2D eigenvalue weighted by Gasteiger charge is -2.32. The van der Waals surface area contributed by atoms with Gasteiger partial charge in [-0.05, 0) is 38.7 Å². The molecule has 19 heavy (non-hydrogen) atoms. The maximum Gasteiger partial charge on any atom is 0.311 e. The minimum absolute atomic E-state index is 0.0173. The molecule has 1 aliphatic rings. The first kappa shape index (κ1) is 13.6. The van der Waals surface area contributed by atoms with E-state index in [0.29, 0.717) is 24.3 Å². The van der Waals surface area contributed by atoms with Crippen LogP contribution < -0.4 is 10.1 Å². The van der Waals surface area contributed by atoms with Crippen LogP contribution in [0.15, 0.2) is 18.2 Å². The molecular formula is C14H20N2O3. The van der Waals surface area contributed by atoms with Crippen LogP contribution in [0.2, 0.25) is 0 Å². The van der Waals surface area contributed by atoms with E-state index < -0.39 is 4.92 Å². The van der Waals surface area contributed by atoms with Crippen LogP contribution in [0, 0.1) is 16.0 Å². The quantitative estimate of drug-likeness (QED) is 0.630. The molecular weight excluding hydrogens is 244 g/mol. The summed E-state index contributed by atoms with van der Waals surface area (Å²) in [5, 5.41) is 14.3. The van der Waals surface area contributed by atoms with Crippen LogP contribution >= 0.6 is 0 Å². The molecule has 5 nitrogen and oxygen atoms in total. The second-order valence-electron chi connectivity index (χ2n) is 5.00. The molecule has 0 saturated heterocycles. The summed E-state index contributed by atoms with van der Waals surface area (Å²) in [6.45, 7) is 4.40. The van der Waals surface area contributed by atoms with Gasteiger partial charge in [0, 0.05) is 23.9 Å². The number of nitro benzene ring substituents is 1. The van der Waals surface area contributed by atoms with Gasteiger partial charge in [-0.15, -0.1) is 0 Å². The molecule has 1 N–H and O–H groups in total. The van der Waals surface area contributed by atoms with Crippen molar-refractivity contribution >= 4 is 11.4 Å². The van der Waals surface area contributed by atoms with Gasteiger partial charge in [0.2, 0.25) is 0 Å². The number of nitro groups is 1. The molecule has 0 aliphatic heterocycles. The highest BCUT2D eigenvalue weighted by Crippen LogP contribution is 2.33. The largest absolute Gasteiger partial charge is 0.487 e. The van der Waals surface area contributed by atoms with E-state index in [1.807, 2.05) is 6.92 Å². The van der Waals surface area contributed by atoms with Crippen molar-refractivity contribution in [1.82, 2.24) is 0 Å². The fourth-order valence-corrected chi connectivity index (χ4v) is 2.35. The molecule has 1 aliphatic carbocycles. The van der Waals surface area contributed by atoms with E-state index in [4.69, 9.17) is 4.74 Å². The first-order valence-electron chi connectivity index (χ1n) is 6.79. The molecule has 0 radical (unpaired) electrons. The Bertz CT molecular complexity index is 458. The molecule has 1 unspecified atom stereocenters. The Morgan fingerprint density at radius 3 is 2.79 bits per heavy atom. The van der Waals surface area contributed by atoms with Gasteiger partial charge in [-0.25, -0.2) is 0 Å². The smallest absolute Gasteiger partial charge is 0.311 e. The van der Waals surface area contributed by atoms with E-state index in [1.165, 1.54) is 25.3 Å². The van der Waals surface area contributed by atoms with Gasteiger partial charge < -0.3 is 10.1 Å². The highest BCUT2D eigenvalue weighted by molar-refractivity contribution is 5.58. The molecule has 1 aromatic rings. The number of benzene rings is 1. The summed E-state index contributed by atoms with van der Waals surface area (Å²) < 4.78 is 5.34. The zero-order valence-electron chi connectivity index (χ0n) is 11.4. The van der Waals surface area contributed by atoms with Crippen LogP contribution in [0.5, 0.6) is 5.75 Å². The van der Waals surface area contributed by atoms with Crippen molar-refractivity contribution in [2.24, 2.45) is 5.92 Å². The van der Waals surface area contributed by atoms with Crippen LogP contribution in [-0.2, 0) is 0 Å². The van der Waals surface area contributed by atoms with Crippen LogP contribution in [0.3, 0.4) is 0 Å². The molecule has 2 rings (SSSR count). The molecule has 0 spiro atoms. The van der Waals surface area contributed by atoms with Crippen LogP contribution in [0.4, 0.5) is 11.4 Å². The zero-order valence-corrected chi connectivity index (χ0v) is 11.4. The van der Waals surface area contributed by atoms with Crippen molar-refractivity contribution in [2.45, 2.75) is 39.2 Å². The van der Waals surface area contributed by atoms with Crippen molar-refractivity contribution < 1.29 is 9.66 Å². The van der Waals surface area contributed by atoms with E-state index in [-0.39, 0.29) is 5.69 Å². The molecule has 0 amide bonds. The van der Waals surface area contributed by atoms with Crippen molar-refractivity contribution in [1.29, 1.82) is 0 Å². The highest BCUT2D eigenvalue weighted by Gasteiger charge is 2.24. The van der Waals surface area contributed by atoms with Gasteiger partial charge in [0.05, 0.1) is 11.5 Å². The van der Waals surface area contributed by atoms with E-state index in [0.717, 1.165) is 5.69 Å². The van der Waals surface area contributed by atoms with Crippen LogP contribution in [0.1, 0.15) is 33.1 Å². The minimum atomic E-state index is -0.413. The average molecular weight is 264 g/mol. The summed E-state index contributed by atoms with van der Waals surface area (Å²) in [6, 6.07) is 5.36. The Balaban J connectivity index is 2.12. The lowest BCUT2D eigenvalue weighted by molar-refractivity contribution is -0.385. The molecule has 0 aromatic heterocycles. The molecule has 1 fully saturated rings. The Kier molecular flexibility index (Phi) is 4.24. The monoisotopic (exact) mass is 264 g/mol. The summed E-state index contributed by atoms with van der Waals surface area (Å²) in [5.74, 6) is 1.05. The number of nitrogens with zero attached hydrogens (tertiary/aromatic N) is 1. The van der Waals surface area contributed by atoms with Crippen LogP contribution in [0.25, 0.3) is 0 Å². The molecule has 5 heteroatoms. The van der Waals surface area contributed by atoms with E-state index in [2.05, 4.69) is 12.2 Å². The summed E-state index contributed by atoms with van der Waals surface area (Å²) in [4.78, 5) is 10.5. The fraction of sp³-hybridized carbons (Fsp3) is 0.571. The van der Waals surface area contributed by atoms with E-state index in [9.17, 15) is 10.1 Å². The molecule has 0 bridgehead atoms. The molecule has 1 aromatic carbocycles. The van der Waals surface area contributed by atoms with Crippen molar-refractivity contribution in [3.63, 3.8) is 0 Å². The third-order valence-electron chi connectivity index (χ3n) is 3.71. The van der Waals surface area contributed by atoms with Crippen LogP contribution in [-0.4, -0.2) is 17.6 Å². The maximum absolute atomic E-state index is 10.9. The predicted molar refractivity (Wildman–Crippen MR) is 74.7 cm³/mol. The summed E-state index contributed by atoms with van der Waals surface area (Å²) in [6.07, 6.45) is 3.83. The van der Waals surface area contributed by atoms with Gasteiger partial charge in [0.25, 0.3) is 0 Å². The lowest BCUT2D eigenvalue weighted by atomic mass is 9.80. The third-order valence-corrected chi connectivity index (χ3v) is 3.71. The Hall–Kier alpha value is -1.78. The van der Waals surface area contributed by atoms with Gasteiger partial charge >= 0.3 is 5.69 Å². The Morgan fingerprint density at radius 2 is 2.26 bits per heavy atom. The van der Waals surface area contributed by atoms with Gasteiger partial charge in [-0.1, -0.05) is 6.42 Å². The Morgan fingerprint density at radius 1 is 1.53 bits per heavy atom. The Labute approximate surface area is 113 Å². The normalized spacial score (nSPS) is 16.5. The van der Waals surface area contributed by atoms with Crippen molar-refractivity contribution in [3.8, 4) is 5.75 Å². The first-order chi connectivity index (χ1) is 9.11. The van der Waals surface area contributed by atoms with Crippen molar-refractivity contribution in [2.75, 3.05) is 11.9 Å². The predicted octanol–water partition coefficient (Wildman–Crippen LogP) is 3.59. The number of rotatable bonds is 6. The number of hydrogen-bond acceptors (Lipinski definition) is 4. The molecule has 1 saturated carbocycles. The van der Waals surface area contributed by atoms with Gasteiger partial charge in [0.15, 0.2) is 5.75 Å². The number of nitrogens with one attached hydrogen (secondary N) is 1. The fourth-order valence-electron chi connectivity index (χ4n) is 2.35. The average Bonchev–Trinajstić information content (AvgIpc) is 2.26. The molecule has 1 atom stereocenters. The number of hydrogen-bond donors (Lipinski definition) is 1.